The monoisotopic (exact) mass is 379 g/mol. The molecular formula is C10H7BrClN3O4S. The standard InChI is InChI=1S/C10H7BrClN3O4S/c11-6-3-5(1-2-7(6)12)20(18,19)15-9-4-8(10(16)17)13-14-9/h1-4H,(H,16,17)(H2,13,14,15). The molecule has 0 saturated carbocycles. The smallest absolute Gasteiger partial charge is 0.353 e. The van der Waals surface area contributed by atoms with Crippen molar-refractivity contribution < 1.29 is 18.3 Å². The first kappa shape index (κ1) is 14.8. The van der Waals surface area contributed by atoms with Crippen LogP contribution in [0.1, 0.15) is 10.5 Å². The van der Waals surface area contributed by atoms with Gasteiger partial charge in [-0.2, -0.15) is 5.10 Å². The Hall–Kier alpha value is -1.58. The van der Waals surface area contributed by atoms with Gasteiger partial charge in [0, 0.05) is 10.5 Å². The molecule has 3 N–H and O–H groups in total. The second-order valence-corrected chi connectivity index (χ2v) is 6.60. The van der Waals surface area contributed by atoms with E-state index in [4.69, 9.17) is 16.7 Å². The molecule has 7 nitrogen and oxygen atoms in total. The topological polar surface area (TPSA) is 112 Å². The van der Waals surface area contributed by atoms with Crippen LogP contribution in [0.25, 0.3) is 0 Å². The Morgan fingerprint density at radius 3 is 2.65 bits per heavy atom. The number of anilines is 1. The van der Waals surface area contributed by atoms with E-state index < -0.39 is 16.0 Å². The highest BCUT2D eigenvalue weighted by molar-refractivity contribution is 9.10. The van der Waals surface area contributed by atoms with E-state index in [1.807, 2.05) is 0 Å². The number of sulfonamides is 1. The third kappa shape index (κ3) is 3.11. The first-order chi connectivity index (χ1) is 9.29. The van der Waals surface area contributed by atoms with Crippen LogP contribution in [0.4, 0.5) is 5.82 Å². The molecule has 0 amide bonds. The summed E-state index contributed by atoms with van der Waals surface area (Å²) in [5, 5.41) is 14.8. The van der Waals surface area contributed by atoms with Gasteiger partial charge in [0.25, 0.3) is 10.0 Å². The van der Waals surface area contributed by atoms with Gasteiger partial charge in [-0.1, -0.05) is 11.6 Å². The zero-order valence-electron chi connectivity index (χ0n) is 9.59. The normalized spacial score (nSPS) is 11.3. The van der Waals surface area contributed by atoms with Crippen LogP contribution in [0.3, 0.4) is 0 Å². The van der Waals surface area contributed by atoms with Gasteiger partial charge >= 0.3 is 5.97 Å². The molecule has 106 valence electrons. The summed E-state index contributed by atoms with van der Waals surface area (Å²) in [5.74, 6) is -1.36. The number of aromatic amines is 1. The van der Waals surface area contributed by atoms with Crippen LogP contribution in [-0.2, 0) is 10.0 Å². The van der Waals surface area contributed by atoms with Gasteiger partial charge in [0.2, 0.25) is 0 Å². The number of aromatic nitrogens is 2. The van der Waals surface area contributed by atoms with Gasteiger partial charge in [0.05, 0.1) is 9.92 Å². The maximum atomic E-state index is 12.1. The number of aromatic carboxylic acids is 1. The lowest BCUT2D eigenvalue weighted by atomic mass is 10.4. The summed E-state index contributed by atoms with van der Waals surface area (Å²) in [5.41, 5.74) is -0.222. The first-order valence-electron chi connectivity index (χ1n) is 5.06. The lowest BCUT2D eigenvalue weighted by Gasteiger charge is -2.06. The Morgan fingerprint density at radius 1 is 1.40 bits per heavy atom. The number of H-pyrrole nitrogens is 1. The van der Waals surface area contributed by atoms with Crippen LogP contribution >= 0.6 is 27.5 Å². The van der Waals surface area contributed by atoms with E-state index in [1.165, 1.54) is 18.2 Å². The van der Waals surface area contributed by atoms with Crippen LogP contribution in [0.15, 0.2) is 33.6 Å². The van der Waals surface area contributed by atoms with Gasteiger partial charge in [-0.25, -0.2) is 13.2 Å². The zero-order valence-corrected chi connectivity index (χ0v) is 12.8. The Balaban J connectivity index is 2.30. The Bertz CT molecular complexity index is 775. The highest BCUT2D eigenvalue weighted by Gasteiger charge is 2.18. The van der Waals surface area contributed by atoms with Gasteiger partial charge in [-0.3, -0.25) is 9.82 Å². The largest absolute Gasteiger partial charge is 0.477 e. The minimum absolute atomic E-state index is 0.0337. The third-order valence-electron chi connectivity index (χ3n) is 2.25. The second-order valence-electron chi connectivity index (χ2n) is 3.65. The fourth-order valence-electron chi connectivity index (χ4n) is 1.32. The maximum Gasteiger partial charge on any atom is 0.353 e. The Morgan fingerprint density at radius 2 is 2.10 bits per heavy atom. The molecule has 0 unspecified atom stereocenters. The van der Waals surface area contributed by atoms with Crippen molar-refractivity contribution in [3.05, 3.63) is 39.5 Å². The van der Waals surface area contributed by atoms with Gasteiger partial charge in [0.1, 0.15) is 5.69 Å². The summed E-state index contributed by atoms with van der Waals surface area (Å²) in [6.07, 6.45) is 0. The Labute approximate surface area is 127 Å². The van der Waals surface area contributed by atoms with E-state index >= 15 is 0 Å². The average Bonchev–Trinajstić information content (AvgIpc) is 2.80. The molecule has 0 fully saturated rings. The molecule has 0 aliphatic heterocycles. The molecule has 0 aliphatic rings. The predicted octanol–water partition coefficient (Wildman–Crippen LogP) is 2.32. The van der Waals surface area contributed by atoms with Crippen molar-refractivity contribution >= 4 is 49.3 Å². The molecule has 1 heterocycles. The van der Waals surface area contributed by atoms with Crippen molar-refractivity contribution in [1.82, 2.24) is 10.2 Å². The van der Waals surface area contributed by atoms with Crippen LogP contribution in [-0.4, -0.2) is 29.7 Å². The summed E-state index contributed by atoms with van der Waals surface area (Å²) >= 11 is 8.91. The van der Waals surface area contributed by atoms with Crippen LogP contribution < -0.4 is 4.72 Å². The number of carboxylic acid groups (broad SMARTS) is 1. The van der Waals surface area contributed by atoms with Crippen molar-refractivity contribution in [2.45, 2.75) is 4.90 Å². The van der Waals surface area contributed by atoms with E-state index in [2.05, 4.69) is 30.8 Å². The molecule has 1 aromatic carbocycles. The fourth-order valence-corrected chi connectivity index (χ4v) is 2.99. The predicted molar refractivity (Wildman–Crippen MR) is 75.5 cm³/mol. The summed E-state index contributed by atoms with van der Waals surface area (Å²) < 4.78 is 26.7. The van der Waals surface area contributed by atoms with Gasteiger partial charge < -0.3 is 5.11 Å². The first-order valence-corrected chi connectivity index (χ1v) is 7.71. The van der Waals surface area contributed by atoms with Crippen molar-refractivity contribution in [3.8, 4) is 0 Å². The van der Waals surface area contributed by atoms with Crippen molar-refractivity contribution in [1.29, 1.82) is 0 Å². The minimum Gasteiger partial charge on any atom is -0.477 e. The SMILES string of the molecule is O=C(O)c1cc(NS(=O)(=O)c2ccc(Cl)c(Br)c2)n[nH]1. The molecule has 0 radical (unpaired) electrons. The number of carboxylic acids is 1. The van der Waals surface area contributed by atoms with E-state index in [-0.39, 0.29) is 16.4 Å². The summed E-state index contributed by atoms with van der Waals surface area (Å²) in [4.78, 5) is 10.6. The van der Waals surface area contributed by atoms with Crippen molar-refractivity contribution in [2.75, 3.05) is 4.72 Å². The fraction of sp³-hybridized carbons (Fsp3) is 0. The lowest BCUT2D eigenvalue weighted by Crippen LogP contribution is -2.13. The Kier molecular flexibility index (Phi) is 4.02. The number of nitrogens with zero attached hydrogens (tertiary/aromatic N) is 1. The average molecular weight is 381 g/mol. The zero-order chi connectivity index (χ0) is 14.9. The minimum atomic E-state index is -3.88. The van der Waals surface area contributed by atoms with Gasteiger partial charge in [-0.15, -0.1) is 0 Å². The molecule has 0 saturated heterocycles. The van der Waals surface area contributed by atoms with Crippen LogP contribution in [0.2, 0.25) is 5.02 Å². The molecule has 2 aromatic rings. The number of hydrogen-bond acceptors (Lipinski definition) is 4. The number of benzene rings is 1. The number of halogens is 2. The molecule has 0 atom stereocenters. The third-order valence-corrected chi connectivity index (χ3v) is 4.81. The molecule has 2 rings (SSSR count). The molecule has 0 spiro atoms. The van der Waals surface area contributed by atoms with Gasteiger partial charge in [-0.05, 0) is 34.1 Å². The highest BCUT2D eigenvalue weighted by atomic mass is 79.9. The highest BCUT2D eigenvalue weighted by Crippen LogP contribution is 2.26. The van der Waals surface area contributed by atoms with Crippen LogP contribution in [0, 0.1) is 0 Å². The molecule has 10 heteroatoms. The number of carbonyl (C=O) groups is 1. The lowest BCUT2D eigenvalue weighted by molar-refractivity contribution is 0.0690. The molecule has 1 aromatic heterocycles. The summed E-state index contributed by atoms with van der Waals surface area (Å²) in [6, 6.07) is 5.15. The molecule has 0 bridgehead atoms. The summed E-state index contributed by atoms with van der Waals surface area (Å²) in [7, 11) is -3.88. The second kappa shape index (κ2) is 5.43. The van der Waals surface area contributed by atoms with E-state index in [0.29, 0.717) is 9.50 Å². The van der Waals surface area contributed by atoms with Gasteiger partial charge in [0.15, 0.2) is 5.82 Å². The van der Waals surface area contributed by atoms with Crippen LogP contribution in [0.5, 0.6) is 0 Å². The van der Waals surface area contributed by atoms with E-state index in [9.17, 15) is 13.2 Å². The maximum absolute atomic E-state index is 12.1. The molecule has 0 aliphatic carbocycles. The molecule has 20 heavy (non-hydrogen) atoms. The van der Waals surface area contributed by atoms with E-state index in [1.54, 1.807) is 0 Å². The van der Waals surface area contributed by atoms with E-state index in [0.717, 1.165) is 6.07 Å². The number of nitrogens with one attached hydrogen (secondary N) is 2. The van der Waals surface area contributed by atoms with Crippen molar-refractivity contribution in [2.24, 2.45) is 0 Å². The van der Waals surface area contributed by atoms with Crippen molar-refractivity contribution in [3.63, 3.8) is 0 Å². The number of hydrogen-bond donors (Lipinski definition) is 3. The molecular weight excluding hydrogens is 374 g/mol. The number of rotatable bonds is 4. The summed E-state index contributed by atoms with van der Waals surface area (Å²) in [6.45, 7) is 0. The quantitative estimate of drug-likeness (QED) is 0.753.